The van der Waals surface area contributed by atoms with Crippen LogP contribution in [0.5, 0.6) is 0 Å². The summed E-state index contributed by atoms with van der Waals surface area (Å²) in [6, 6.07) is 7.68. The Morgan fingerprint density at radius 3 is 2.88 bits per heavy atom. The number of fused-ring (bicyclic) bond motifs is 1. The highest BCUT2D eigenvalue weighted by Crippen LogP contribution is 2.31. The van der Waals surface area contributed by atoms with Gasteiger partial charge in [-0.3, -0.25) is 14.6 Å². The number of aromatic nitrogens is 5. The number of hydrogen-bond donors (Lipinski definition) is 3. The quantitative estimate of drug-likeness (QED) is 0.633. The molecule has 0 radical (unpaired) electrons. The molecule has 9 nitrogen and oxygen atoms in total. The van der Waals surface area contributed by atoms with Crippen molar-refractivity contribution in [2.75, 3.05) is 6.54 Å². The van der Waals surface area contributed by atoms with Crippen LogP contribution in [0.1, 0.15) is 36.8 Å². The van der Waals surface area contributed by atoms with Gasteiger partial charge in [0.1, 0.15) is 11.5 Å². The molecule has 1 amide bonds. The van der Waals surface area contributed by atoms with E-state index in [1.165, 1.54) is 0 Å². The molecule has 3 aromatic rings. The Hall–Kier alpha value is -3.23. The third kappa shape index (κ3) is 3.03. The molecule has 1 saturated heterocycles. The molecule has 9 heteroatoms. The van der Waals surface area contributed by atoms with Crippen LogP contribution in [-0.4, -0.2) is 42.5 Å². The van der Waals surface area contributed by atoms with Gasteiger partial charge in [0.25, 0.3) is 5.56 Å². The Morgan fingerprint density at radius 2 is 2.08 bits per heavy atom. The number of likely N-dealkylation sites (tertiary alicyclic amines) is 1. The van der Waals surface area contributed by atoms with Gasteiger partial charge in [-0.05, 0) is 25.0 Å². The lowest BCUT2D eigenvalue weighted by Crippen LogP contribution is -2.32. The van der Waals surface area contributed by atoms with Gasteiger partial charge >= 0.3 is 5.69 Å². The van der Waals surface area contributed by atoms with Crippen molar-refractivity contribution in [3.05, 3.63) is 56.6 Å². The van der Waals surface area contributed by atoms with E-state index in [1.54, 1.807) is 4.90 Å². The number of rotatable bonds is 4. The first-order valence-electron chi connectivity index (χ1n) is 8.54. The predicted molar refractivity (Wildman–Crippen MR) is 93.6 cm³/mol. The molecule has 1 fully saturated rings. The molecular weight excluding hydrogens is 336 g/mol. The summed E-state index contributed by atoms with van der Waals surface area (Å²) in [6.07, 6.45) is 2.08. The fraction of sp³-hybridized carbons (Fsp3) is 0.353. The number of carbonyl (C=O) groups excluding carboxylic acids is 1. The van der Waals surface area contributed by atoms with E-state index in [2.05, 4.69) is 25.1 Å². The van der Waals surface area contributed by atoms with Crippen molar-refractivity contribution in [2.24, 2.45) is 0 Å². The molecule has 0 saturated carbocycles. The summed E-state index contributed by atoms with van der Waals surface area (Å²) in [4.78, 5) is 47.2. The van der Waals surface area contributed by atoms with Crippen LogP contribution in [0.4, 0.5) is 0 Å². The maximum Gasteiger partial charge on any atom is 0.342 e. The van der Waals surface area contributed by atoms with Gasteiger partial charge in [-0.25, -0.2) is 14.9 Å². The number of carbonyl (C=O) groups is 1. The van der Waals surface area contributed by atoms with Crippen molar-refractivity contribution in [1.82, 2.24) is 30.0 Å². The maximum atomic E-state index is 12.7. The molecule has 1 aliphatic rings. The number of hydrogen-bond acceptors (Lipinski definition) is 5. The second kappa shape index (κ2) is 6.58. The van der Waals surface area contributed by atoms with E-state index >= 15 is 0 Å². The number of amides is 1. The summed E-state index contributed by atoms with van der Waals surface area (Å²) in [5.74, 6) is 0.734. The SMILES string of the molecule is O=C(CCc1n[nH]c(=O)[nH]c1=O)N1CCCC1c1nc2ccccc2[nH]1. The first kappa shape index (κ1) is 16.2. The van der Waals surface area contributed by atoms with Gasteiger partial charge in [-0.2, -0.15) is 5.10 Å². The molecule has 1 atom stereocenters. The molecule has 4 rings (SSSR count). The third-order valence-electron chi connectivity index (χ3n) is 4.65. The number of nitrogens with one attached hydrogen (secondary N) is 3. The zero-order valence-corrected chi connectivity index (χ0v) is 14.0. The van der Waals surface area contributed by atoms with Gasteiger partial charge in [0, 0.05) is 19.4 Å². The number of H-pyrrole nitrogens is 3. The maximum absolute atomic E-state index is 12.7. The van der Waals surface area contributed by atoms with Crippen molar-refractivity contribution in [3.8, 4) is 0 Å². The summed E-state index contributed by atoms with van der Waals surface area (Å²) in [5, 5.41) is 5.89. The van der Waals surface area contributed by atoms with E-state index in [0.717, 1.165) is 29.7 Å². The summed E-state index contributed by atoms with van der Waals surface area (Å²) >= 11 is 0. The van der Waals surface area contributed by atoms with Gasteiger partial charge in [0.05, 0.1) is 17.1 Å². The van der Waals surface area contributed by atoms with Crippen LogP contribution in [0.2, 0.25) is 0 Å². The third-order valence-corrected chi connectivity index (χ3v) is 4.65. The second-order valence-corrected chi connectivity index (χ2v) is 6.34. The fourth-order valence-electron chi connectivity index (χ4n) is 3.39. The van der Waals surface area contributed by atoms with Crippen molar-refractivity contribution in [3.63, 3.8) is 0 Å². The summed E-state index contributed by atoms with van der Waals surface area (Å²) in [7, 11) is 0. The van der Waals surface area contributed by atoms with Crippen LogP contribution in [0, 0.1) is 0 Å². The van der Waals surface area contributed by atoms with E-state index in [-0.39, 0.29) is 30.5 Å². The Bertz CT molecular complexity index is 1030. The average molecular weight is 354 g/mol. The van der Waals surface area contributed by atoms with Gasteiger partial charge in [0.15, 0.2) is 0 Å². The van der Waals surface area contributed by atoms with E-state index in [4.69, 9.17) is 0 Å². The summed E-state index contributed by atoms with van der Waals surface area (Å²) < 4.78 is 0. The van der Waals surface area contributed by atoms with E-state index in [0.29, 0.717) is 6.54 Å². The van der Waals surface area contributed by atoms with Crippen LogP contribution < -0.4 is 11.2 Å². The smallest absolute Gasteiger partial charge is 0.340 e. The van der Waals surface area contributed by atoms with Crippen molar-refractivity contribution < 1.29 is 4.79 Å². The molecule has 0 aliphatic carbocycles. The second-order valence-electron chi connectivity index (χ2n) is 6.34. The molecule has 1 unspecified atom stereocenters. The highest BCUT2D eigenvalue weighted by Gasteiger charge is 2.31. The lowest BCUT2D eigenvalue weighted by atomic mass is 10.2. The topological polar surface area (TPSA) is 128 Å². The molecular formula is C17H18N6O3. The molecule has 3 heterocycles. The molecule has 3 N–H and O–H groups in total. The van der Waals surface area contributed by atoms with Gasteiger partial charge < -0.3 is 9.88 Å². The van der Waals surface area contributed by atoms with Crippen LogP contribution in [0.3, 0.4) is 0 Å². The Kier molecular flexibility index (Phi) is 4.11. The number of aryl methyl sites for hydroxylation is 1. The summed E-state index contributed by atoms with van der Waals surface area (Å²) in [5.41, 5.74) is 0.764. The monoisotopic (exact) mass is 354 g/mol. The standard InChI is InChI=1S/C17H18N6O3/c24-14(8-7-12-16(25)20-17(26)22-21-12)23-9-3-6-13(23)15-18-10-4-1-2-5-11(10)19-15/h1-2,4-5,13H,3,6-9H2,(H,18,19)(H2,20,22,25,26). The normalized spacial score (nSPS) is 17.1. The molecule has 2 aromatic heterocycles. The molecule has 0 bridgehead atoms. The van der Waals surface area contributed by atoms with Crippen LogP contribution in [0.15, 0.2) is 33.9 Å². The fourth-order valence-corrected chi connectivity index (χ4v) is 3.39. The number of aromatic amines is 3. The zero-order chi connectivity index (χ0) is 18.1. The molecule has 1 aliphatic heterocycles. The molecule has 1 aromatic carbocycles. The average Bonchev–Trinajstić information content (AvgIpc) is 3.27. The van der Waals surface area contributed by atoms with Gasteiger partial charge in [0.2, 0.25) is 5.91 Å². The number of imidazole rings is 1. The van der Waals surface area contributed by atoms with Gasteiger partial charge in [-0.1, -0.05) is 12.1 Å². The Morgan fingerprint density at radius 1 is 1.23 bits per heavy atom. The van der Waals surface area contributed by atoms with E-state index < -0.39 is 11.2 Å². The van der Waals surface area contributed by atoms with E-state index in [1.807, 2.05) is 24.3 Å². The first-order chi connectivity index (χ1) is 12.6. The van der Waals surface area contributed by atoms with Crippen molar-refractivity contribution in [2.45, 2.75) is 31.7 Å². The van der Waals surface area contributed by atoms with Gasteiger partial charge in [-0.15, -0.1) is 0 Å². The first-order valence-corrected chi connectivity index (χ1v) is 8.54. The van der Waals surface area contributed by atoms with E-state index in [9.17, 15) is 14.4 Å². The lowest BCUT2D eigenvalue weighted by Gasteiger charge is -2.23. The highest BCUT2D eigenvalue weighted by molar-refractivity contribution is 5.78. The minimum absolute atomic E-state index is 0.0552. The minimum Gasteiger partial charge on any atom is -0.340 e. The molecule has 26 heavy (non-hydrogen) atoms. The Balaban J connectivity index is 1.49. The van der Waals surface area contributed by atoms with Crippen molar-refractivity contribution >= 4 is 16.9 Å². The number of nitrogens with zero attached hydrogens (tertiary/aromatic N) is 3. The number of para-hydroxylation sites is 2. The predicted octanol–water partition coefficient (Wildman–Crippen LogP) is 0.631. The van der Waals surface area contributed by atoms with Crippen molar-refractivity contribution in [1.29, 1.82) is 0 Å². The largest absolute Gasteiger partial charge is 0.342 e. The lowest BCUT2D eigenvalue weighted by molar-refractivity contribution is -0.132. The Labute approximate surface area is 147 Å². The van der Waals surface area contributed by atoms with Crippen LogP contribution in [0.25, 0.3) is 11.0 Å². The summed E-state index contributed by atoms with van der Waals surface area (Å²) in [6.45, 7) is 0.663. The number of benzene rings is 1. The minimum atomic E-state index is -0.658. The highest BCUT2D eigenvalue weighted by atomic mass is 16.2. The van der Waals surface area contributed by atoms with Crippen LogP contribution in [-0.2, 0) is 11.2 Å². The molecule has 134 valence electrons. The van der Waals surface area contributed by atoms with Crippen LogP contribution >= 0.6 is 0 Å². The molecule has 0 spiro atoms. The zero-order valence-electron chi connectivity index (χ0n) is 14.0.